The third-order valence-corrected chi connectivity index (χ3v) is 29.2. The first kappa shape index (κ1) is 79.0. The molecular weight excluding hydrogens is 1700 g/mol. The van der Waals surface area contributed by atoms with Crippen LogP contribution >= 0.6 is 15.9 Å². The lowest BCUT2D eigenvalue weighted by Crippen LogP contribution is -2.36. The molecule has 0 unspecified atom stereocenters. The van der Waals surface area contributed by atoms with Crippen molar-refractivity contribution < 1.29 is 0 Å². The van der Waals surface area contributed by atoms with Crippen molar-refractivity contribution in [1.29, 1.82) is 0 Å². The van der Waals surface area contributed by atoms with Crippen LogP contribution in [0.3, 0.4) is 0 Å². The van der Waals surface area contributed by atoms with Gasteiger partial charge in [0.2, 0.25) is 0 Å². The van der Waals surface area contributed by atoms with Crippen LogP contribution in [0.1, 0.15) is 44.5 Å². The lowest BCUT2D eigenvalue weighted by atomic mass is 9.58. The largest absolute Gasteiger partial charge is 0.356 e. The highest BCUT2D eigenvalue weighted by atomic mass is 79.9. The van der Waals surface area contributed by atoms with Crippen molar-refractivity contribution in [3.8, 4) is 100 Å². The summed E-state index contributed by atoms with van der Waals surface area (Å²) in [6, 6.07) is 186. The van der Waals surface area contributed by atoms with E-state index in [0.717, 1.165) is 44.3 Å². The van der Waals surface area contributed by atoms with Crippen LogP contribution in [0.5, 0.6) is 0 Å². The van der Waals surface area contributed by atoms with Gasteiger partial charge in [0.1, 0.15) is 0 Å². The van der Waals surface area contributed by atoms with Gasteiger partial charge in [-0.15, -0.1) is 0 Å². The summed E-state index contributed by atoms with van der Waals surface area (Å²) in [5.74, 6) is 0. The summed E-state index contributed by atoms with van der Waals surface area (Å²) in [5, 5.41) is 14.1. The molecule has 632 valence electrons. The van der Waals surface area contributed by atoms with Gasteiger partial charge in [0.05, 0.1) is 32.9 Å². The van der Waals surface area contributed by atoms with Crippen LogP contribution in [0, 0.1) is 0 Å². The SMILES string of the molecule is Brc1ccc2c(c1)C1(c3ccccc3-2)c2cccc3cccc1c23.c1ccc(-c2ccc(N(c3ccc(-c4ccc(-n5c6ccccc6c6cc(-c7ccccc7)ccc65)cc4)cc3)c3ccc4c(c3)C3(c5ccccc5-4)c4cccc5cccc3c45)cc2)cc1.c1ccc(-c2ccc(Nc3ccc(-c4ccc(-n5c6ccccc6c6cc(-c7ccccc7)ccc65)cc4)cc3)cc2)cc1. The molecule has 0 fully saturated rings. The molecule has 5 heteroatoms. The van der Waals surface area contributed by atoms with E-state index in [1.54, 1.807) is 0 Å². The van der Waals surface area contributed by atoms with Gasteiger partial charge in [-0.1, -0.05) is 392 Å². The van der Waals surface area contributed by atoms with Gasteiger partial charge in [-0.2, -0.15) is 0 Å². The number of halogens is 1. The van der Waals surface area contributed by atoms with Gasteiger partial charge in [-0.05, 0) is 289 Å². The number of fused-ring (bicyclic) bond motifs is 20. The molecule has 0 bridgehead atoms. The molecule has 24 aromatic rings. The van der Waals surface area contributed by atoms with Crippen molar-refractivity contribution in [2.75, 3.05) is 10.2 Å². The number of nitrogens with one attached hydrogen (secondary N) is 1. The van der Waals surface area contributed by atoms with Crippen LogP contribution in [0.4, 0.5) is 28.4 Å². The van der Waals surface area contributed by atoms with Crippen LogP contribution in [0.15, 0.2) is 514 Å². The summed E-state index contributed by atoms with van der Waals surface area (Å²) in [6.45, 7) is 0. The molecule has 22 aromatic carbocycles. The summed E-state index contributed by atoms with van der Waals surface area (Å²) < 4.78 is 5.92. The average Bonchev–Trinajstić information content (AvgIpc) is 1.23. The lowest BCUT2D eigenvalue weighted by molar-refractivity contribution is 0.744. The fourth-order valence-electron chi connectivity index (χ4n) is 22.6. The summed E-state index contributed by atoms with van der Waals surface area (Å²) >= 11 is 3.69. The van der Waals surface area contributed by atoms with Gasteiger partial charge in [0.15, 0.2) is 0 Å². The molecule has 0 saturated heterocycles. The van der Waals surface area contributed by atoms with E-state index in [4.69, 9.17) is 0 Å². The molecule has 0 amide bonds. The van der Waals surface area contributed by atoms with Crippen molar-refractivity contribution in [2.24, 2.45) is 0 Å². The van der Waals surface area contributed by atoms with Gasteiger partial charge < -0.3 is 19.4 Å². The maximum Gasteiger partial charge on any atom is 0.0726 e. The number of anilines is 5. The predicted molar refractivity (Wildman–Crippen MR) is 569 cm³/mol. The molecule has 0 radical (unpaired) electrons. The Morgan fingerprint density at radius 1 is 0.193 bits per heavy atom. The fraction of sp³-hybridized carbons (Fsp3) is 0.0154. The van der Waals surface area contributed by atoms with Crippen molar-refractivity contribution in [3.63, 3.8) is 0 Å². The summed E-state index contributed by atoms with van der Waals surface area (Å²) in [7, 11) is 0. The number of hydrogen-bond acceptors (Lipinski definition) is 2. The maximum atomic E-state index is 3.69. The Labute approximate surface area is 792 Å². The summed E-state index contributed by atoms with van der Waals surface area (Å²) in [5.41, 5.74) is 43.3. The highest BCUT2D eigenvalue weighted by Gasteiger charge is 2.55. The minimum atomic E-state index is -0.318. The van der Waals surface area contributed by atoms with E-state index in [2.05, 4.69) is 539 Å². The van der Waals surface area contributed by atoms with Crippen LogP contribution in [-0.4, -0.2) is 9.13 Å². The highest BCUT2D eigenvalue weighted by Crippen LogP contribution is 2.66. The highest BCUT2D eigenvalue weighted by molar-refractivity contribution is 9.10. The predicted octanol–water partition coefficient (Wildman–Crippen LogP) is 34.9. The van der Waals surface area contributed by atoms with Gasteiger partial charge in [-0.25, -0.2) is 0 Å². The number of nitrogens with zero attached hydrogens (tertiary/aromatic N) is 3. The molecule has 2 spiro atoms. The molecule has 4 aliphatic carbocycles. The number of hydrogen-bond donors (Lipinski definition) is 1. The van der Waals surface area contributed by atoms with E-state index in [0.29, 0.717) is 0 Å². The van der Waals surface area contributed by atoms with Gasteiger partial charge in [0, 0.05) is 65.8 Å². The van der Waals surface area contributed by atoms with Gasteiger partial charge in [-0.3, -0.25) is 0 Å². The molecule has 2 heterocycles. The Bertz CT molecular complexity index is 8690. The van der Waals surface area contributed by atoms with Crippen LogP contribution < -0.4 is 10.2 Å². The molecule has 2 aromatic heterocycles. The maximum absolute atomic E-state index is 3.69. The van der Waals surface area contributed by atoms with Crippen molar-refractivity contribution in [1.82, 2.24) is 9.13 Å². The second-order valence-corrected chi connectivity index (χ2v) is 36.8. The molecule has 28 rings (SSSR count). The Kier molecular flexibility index (Phi) is 18.9. The number of rotatable bonds is 13. The molecule has 135 heavy (non-hydrogen) atoms. The third kappa shape index (κ3) is 12.9. The molecular formula is C130H85BrN4. The molecule has 4 nitrogen and oxygen atoms in total. The van der Waals surface area contributed by atoms with Crippen LogP contribution in [0.25, 0.3) is 166 Å². The molecule has 0 saturated carbocycles. The van der Waals surface area contributed by atoms with Crippen molar-refractivity contribution in [3.05, 3.63) is 559 Å². The van der Waals surface area contributed by atoms with E-state index in [1.807, 2.05) is 6.07 Å². The van der Waals surface area contributed by atoms with E-state index in [9.17, 15) is 0 Å². The van der Waals surface area contributed by atoms with E-state index >= 15 is 0 Å². The molecule has 0 atom stereocenters. The molecule has 1 N–H and O–H groups in total. The quantitative estimate of drug-likeness (QED) is 0.124. The Morgan fingerprint density at radius 2 is 0.481 bits per heavy atom. The van der Waals surface area contributed by atoms with Gasteiger partial charge >= 0.3 is 0 Å². The fourth-order valence-corrected chi connectivity index (χ4v) is 23.0. The van der Waals surface area contributed by atoms with Gasteiger partial charge in [0.25, 0.3) is 0 Å². The van der Waals surface area contributed by atoms with E-state index in [-0.39, 0.29) is 10.8 Å². The zero-order valence-corrected chi connectivity index (χ0v) is 75.3. The number of para-hydroxylation sites is 2. The van der Waals surface area contributed by atoms with E-state index < -0.39 is 0 Å². The number of benzene rings is 22. The Morgan fingerprint density at radius 3 is 0.881 bits per heavy atom. The minimum Gasteiger partial charge on any atom is -0.356 e. The Hall–Kier alpha value is -17.0. The number of aromatic nitrogens is 2. The topological polar surface area (TPSA) is 25.1 Å². The second-order valence-electron chi connectivity index (χ2n) is 35.9. The summed E-state index contributed by atoms with van der Waals surface area (Å²) in [4.78, 5) is 2.43. The lowest BCUT2D eigenvalue weighted by Gasteiger charge is -2.43. The zero-order valence-electron chi connectivity index (χ0n) is 73.7. The average molecular weight is 1780 g/mol. The second kappa shape index (κ2) is 32.3. The first-order chi connectivity index (χ1) is 66.8. The van der Waals surface area contributed by atoms with Crippen LogP contribution in [-0.2, 0) is 10.8 Å². The summed E-state index contributed by atoms with van der Waals surface area (Å²) in [6.07, 6.45) is 0. The van der Waals surface area contributed by atoms with Crippen molar-refractivity contribution in [2.45, 2.75) is 10.8 Å². The first-order valence-corrected chi connectivity index (χ1v) is 47.3. The molecule has 4 aliphatic rings. The monoisotopic (exact) mass is 1780 g/mol. The van der Waals surface area contributed by atoms with Crippen molar-refractivity contribution >= 4 is 110 Å². The molecule has 0 aliphatic heterocycles. The third-order valence-electron chi connectivity index (χ3n) is 28.7. The standard InChI is InChI=1S/C65H42N2.C42H30N2.C23H13Br/c1-3-13-43(14-4-1)45-25-32-50(33-26-45)66(53-38-39-55-54-19-7-9-21-58(54)65(61(55)42-53)59-22-11-17-48-18-12-23-60(65)64(48)59)51-34-27-46(28-35-51)47-29-36-52(37-30-47)67-62-24-10-8-20-56(62)57-41-49(31-40-63(57)67)44-15-5-2-6-16-44;1-3-9-30(10-4-1)32-15-22-36(23-16-32)43-37-24-17-33(18-25-37)34-19-26-38(27-20-34)44-41-14-8-7-13-39(41)40-29-35(21-28-42(40)44)31-11-5-2-6-12-31;24-15-11-12-17-16-7-1-2-8-18(16)23(21(17)13-15)19-9-3-5-14-6-4-10-20(23)22(14)19/h1-42H;1-29,43H;1-13H. The first-order valence-electron chi connectivity index (χ1n) is 46.5. The van der Waals surface area contributed by atoms with E-state index in [1.165, 1.54) is 199 Å². The minimum absolute atomic E-state index is 0.105. The smallest absolute Gasteiger partial charge is 0.0726 e. The zero-order chi connectivity index (χ0) is 89.2. The normalized spacial score (nSPS) is 12.7. The Balaban J connectivity index is 0.000000118. The van der Waals surface area contributed by atoms with Crippen LogP contribution in [0.2, 0.25) is 0 Å².